The smallest absolute Gasteiger partial charge is 0.293 e. The maximum atomic E-state index is 12.3. The molecule has 1 aromatic carbocycles. The predicted molar refractivity (Wildman–Crippen MR) is 81.6 cm³/mol. The zero-order valence-electron chi connectivity index (χ0n) is 12.4. The van der Waals surface area contributed by atoms with E-state index >= 15 is 0 Å². The molecule has 0 heterocycles. The minimum Gasteiger partial charge on any atom is -0.379 e. The summed E-state index contributed by atoms with van der Waals surface area (Å²) in [5, 5.41) is 16.9. The van der Waals surface area contributed by atoms with Crippen LogP contribution in [0.2, 0.25) is 0 Å². The van der Waals surface area contributed by atoms with Gasteiger partial charge in [0.25, 0.3) is 11.6 Å². The third-order valence-corrected chi connectivity index (χ3v) is 4.07. The van der Waals surface area contributed by atoms with Crippen molar-refractivity contribution in [1.82, 2.24) is 5.32 Å². The number of nitrogens with one attached hydrogen (secondary N) is 2. The Kier molecular flexibility index (Phi) is 4.45. The first-order valence-electron chi connectivity index (χ1n) is 7.26. The van der Waals surface area contributed by atoms with Crippen molar-refractivity contribution < 1.29 is 9.72 Å². The molecule has 0 aromatic heterocycles. The Morgan fingerprint density at radius 1 is 1.43 bits per heavy atom. The van der Waals surface area contributed by atoms with Crippen molar-refractivity contribution in [3.8, 4) is 0 Å². The number of amides is 1. The number of nitro groups is 1. The first-order chi connectivity index (χ1) is 9.97. The van der Waals surface area contributed by atoms with Gasteiger partial charge in [0.1, 0.15) is 5.69 Å². The van der Waals surface area contributed by atoms with Gasteiger partial charge in [0.15, 0.2) is 0 Å². The van der Waals surface area contributed by atoms with Crippen LogP contribution in [0, 0.1) is 15.5 Å². The molecule has 21 heavy (non-hydrogen) atoms. The fraction of sp³-hybridized carbons (Fsp3) is 0.533. The lowest BCUT2D eigenvalue weighted by molar-refractivity contribution is -0.384. The van der Waals surface area contributed by atoms with Gasteiger partial charge in [-0.15, -0.1) is 0 Å². The van der Waals surface area contributed by atoms with Crippen LogP contribution in [0.25, 0.3) is 0 Å². The Labute approximate surface area is 124 Å². The van der Waals surface area contributed by atoms with Crippen molar-refractivity contribution in [3.63, 3.8) is 0 Å². The maximum Gasteiger partial charge on any atom is 0.293 e. The standard InChI is InChI=1S/C15H21N3O3/c1-3-16-13-11(6-4-7-12(13)18(20)21)14(19)17-10-15(2)8-5-9-15/h4,6-7,16H,3,5,8-10H2,1-2H3,(H,17,19). The number of nitro benzene ring substituents is 1. The summed E-state index contributed by atoms with van der Waals surface area (Å²) in [6.07, 6.45) is 3.43. The molecule has 0 aliphatic heterocycles. The summed E-state index contributed by atoms with van der Waals surface area (Å²) >= 11 is 0. The Bertz CT molecular complexity index is 553. The van der Waals surface area contributed by atoms with Crippen LogP contribution in [-0.2, 0) is 0 Å². The summed E-state index contributed by atoms with van der Waals surface area (Å²) in [7, 11) is 0. The molecule has 6 heteroatoms. The summed E-state index contributed by atoms with van der Waals surface area (Å²) < 4.78 is 0. The Morgan fingerprint density at radius 3 is 2.67 bits per heavy atom. The lowest BCUT2D eigenvalue weighted by atomic mass is 9.70. The summed E-state index contributed by atoms with van der Waals surface area (Å²) in [6.45, 7) is 5.12. The highest BCUT2D eigenvalue weighted by atomic mass is 16.6. The summed E-state index contributed by atoms with van der Waals surface area (Å²) in [5.41, 5.74) is 0.726. The summed E-state index contributed by atoms with van der Waals surface area (Å²) in [4.78, 5) is 22.9. The number of benzene rings is 1. The molecule has 1 aliphatic carbocycles. The lowest BCUT2D eigenvalue weighted by Gasteiger charge is -2.38. The van der Waals surface area contributed by atoms with Gasteiger partial charge in [-0.3, -0.25) is 14.9 Å². The molecule has 0 radical (unpaired) electrons. The van der Waals surface area contributed by atoms with E-state index in [2.05, 4.69) is 17.6 Å². The van der Waals surface area contributed by atoms with E-state index in [0.29, 0.717) is 24.3 Å². The van der Waals surface area contributed by atoms with E-state index in [1.165, 1.54) is 12.5 Å². The van der Waals surface area contributed by atoms with Gasteiger partial charge in [0, 0.05) is 19.2 Å². The van der Waals surface area contributed by atoms with Gasteiger partial charge in [-0.1, -0.05) is 19.4 Å². The molecule has 2 N–H and O–H groups in total. The number of hydrogen-bond donors (Lipinski definition) is 2. The van der Waals surface area contributed by atoms with Crippen molar-refractivity contribution in [2.24, 2.45) is 5.41 Å². The van der Waals surface area contributed by atoms with Crippen LogP contribution in [0.4, 0.5) is 11.4 Å². The Balaban J connectivity index is 2.19. The number of nitrogens with zero attached hydrogens (tertiary/aromatic N) is 1. The molecule has 0 atom stereocenters. The van der Waals surface area contributed by atoms with E-state index in [1.54, 1.807) is 12.1 Å². The SMILES string of the molecule is CCNc1c(C(=O)NCC2(C)CCC2)cccc1[N+](=O)[O-]. The van der Waals surface area contributed by atoms with Crippen LogP contribution in [0.5, 0.6) is 0 Å². The first kappa shape index (κ1) is 15.3. The molecule has 0 spiro atoms. The number of anilines is 1. The van der Waals surface area contributed by atoms with Gasteiger partial charge >= 0.3 is 0 Å². The number of para-hydroxylation sites is 1. The average Bonchev–Trinajstić information content (AvgIpc) is 2.43. The van der Waals surface area contributed by atoms with E-state index in [1.807, 2.05) is 6.92 Å². The largest absolute Gasteiger partial charge is 0.379 e. The van der Waals surface area contributed by atoms with E-state index in [4.69, 9.17) is 0 Å². The summed E-state index contributed by atoms with van der Waals surface area (Å²) in [6, 6.07) is 4.56. The molecular formula is C15H21N3O3. The third kappa shape index (κ3) is 3.32. The number of carbonyl (C=O) groups excluding carboxylic acids is 1. The Hall–Kier alpha value is -2.11. The van der Waals surface area contributed by atoms with Crippen LogP contribution < -0.4 is 10.6 Å². The van der Waals surface area contributed by atoms with Crippen molar-refractivity contribution >= 4 is 17.3 Å². The fourth-order valence-corrected chi connectivity index (χ4v) is 2.59. The van der Waals surface area contributed by atoms with Gasteiger partial charge in [0.2, 0.25) is 0 Å². The zero-order valence-corrected chi connectivity index (χ0v) is 12.4. The molecule has 1 amide bonds. The van der Waals surface area contributed by atoms with Crippen molar-refractivity contribution in [1.29, 1.82) is 0 Å². The second-order valence-electron chi connectivity index (χ2n) is 5.83. The molecule has 6 nitrogen and oxygen atoms in total. The molecule has 2 rings (SSSR count). The number of rotatable bonds is 6. The molecular weight excluding hydrogens is 270 g/mol. The monoisotopic (exact) mass is 291 g/mol. The topological polar surface area (TPSA) is 84.3 Å². The number of hydrogen-bond acceptors (Lipinski definition) is 4. The van der Waals surface area contributed by atoms with Crippen LogP contribution in [0.1, 0.15) is 43.5 Å². The van der Waals surface area contributed by atoms with Gasteiger partial charge in [0.05, 0.1) is 10.5 Å². The van der Waals surface area contributed by atoms with Gasteiger partial charge < -0.3 is 10.6 Å². The first-order valence-corrected chi connectivity index (χ1v) is 7.26. The van der Waals surface area contributed by atoms with Gasteiger partial charge in [-0.25, -0.2) is 0 Å². The van der Waals surface area contributed by atoms with Crippen molar-refractivity contribution in [3.05, 3.63) is 33.9 Å². The second kappa shape index (κ2) is 6.11. The molecule has 114 valence electrons. The normalized spacial score (nSPS) is 15.9. The van der Waals surface area contributed by atoms with E-state index in [0.717, 1.165) is 12.8 Å². The molecule has 0 unspecified atom stereocenters. The third-order valence-electron chi connectivity index (χ3n) is 4.07. The van der Waals surface area contributed by atoms with Crippen LogP contribution >= 0.6 is 0 Å². The zero-order chi connectivity index (χ0) is 15.5. The van der Waals surface area contributed by atoms with Crippen molar-refractivity contribution in [2.75, 3.05) is 18.4 Å². The highest BCUT2D eigenvalue weighted by Crippen LogP contribution is 2.39. The van der Waals surface area contributed by atoms with Gasteiger partial charge in [-0.05, 0) is 31.2 Å². The summed E-state index contributed by atoms with van der Waals surface area (Å²) in [5.74, 6) is -0.261. The Morgan fingerprint density at radius 2 is 2.14 bits per heavy atom. The average molecular weight is 291 g/mol. The minimum absolute atomic E-state index is 0.0700. The predicted octanol–water partition coefficient (Wildman–Crippen LogP) is 2.95. The van der Waals surface area contributed by atoms with Crippen LogP contribution in [0.15, 0.2) is 18.2 Å². The molecule has 0 saturated heterocycles. The van der Waals surface area contributed by atoms with Crippen LogP contribution in [0.3, 0.4) is 0 Å². The fourth-order valence-electron chi connectivity index (χ4n) is 2.59. The highest BCUT2D eigenvalue weighted by Gasteiger charge is 2.32. The minimum atomic E-state index is -0.470. The van der Waals surface area contributed by atoms with Gasteiger partial charge in [-0.2, -0.15) is 0 Å². The number of carbonyl (C=O) groups is 1. The quantitative estimate of drug-likeness (QED) is 0.623. The molecule has 0 bridgehead atoms. The van der Waals surface area contributed by atoms with Crippen molar-refractivity contribution in [2.45, 2.75) is 33.1 Å². The molecule has 1 aromatic rings. The van der Waals surface area contributed by atoms with E-state index < -0.39 is 4.92 Å². The second-order valence-corrected chi connectivity index (χ2v) is 5.83. The van der Waals surface area contributed by atoms with Crippen LogP contribution in [-0.4, -0.2) is 23.9 Å². The lowest BCUT2D eigenvalue weighted by Crippen LogP contribution is -2.40. The molecule has 1 aliphatic rings. The molecule has 1 fully saturated rings. The highest BCUT2D eigenvalue weighted by molar-refractivity contribution is 6.01. The van der Waals surface area contributed by atoms with E-state index in [9.17, 15) is 14.9 Å². The molecule has 1 saturated carbocycles. The van der Waals surface area contributed by atoms with E-state index in [-0.39, 0.29) is 17.0 Å². The maximum absolute atomic E-state index is 12.3.